The van der Waals surface area contributed by atoms with Crippen LogP contribution < -0.4 is 10.1 Å². The third-order valence-corrected chi connectivity index (χ3v) is 2.77. The van der Waals surface area contributed by atoms with Crippen molar-refractivity contribution in [3.05, 3.63) is 54.1 Å². The van der Waals surface area contributed by atoms with Gasteiger partial charge in [-0.3, -0.25) is 4.79 Å². The summed E-state index contributed by atoms with van der Waals surface area (Å²) in [5.74, 6) is 0.611. The minimum Gasteiger partial charge on any atom is -0.506 e. The standard InChI is InChI=1S/C16H17NO3/c1-12-5-4-6-13(11-12)20-10-9-16(19)17-14-7-2-3-8-15(14)18/h2-8,11,18H,9-10H2,1H3,(H,17,19). The van der Waals surface area contributed by atoms with Crippen LogP contribution in [0.25, 0.3) is 0 Å². The van der Waals surface area contributed by atoms with Crippen LogP contribution in [0.3, 0.4) is 0 Å². The molecular formula is C16H17NO3. The molecular weight excluding hydrogens is 254 g/mol. The van der Waals surface area contributed by atoms with Gasteiger partial charge in [0.15, 0.2) is 0 Å². The van der Waals surface area contributed by atoms with Crippen molar-refractivity contribution in [3.63, 3.8) is 0 Å². The van der Waals surface area contributed by atoms with Gasteiger partial charge in [-0.1, -0.05) is 24.3 Å². The summed E-state index contributed by atoms with van der Waals surface area (Å²) >= 11 is 0. The summed E-state index contributed by atoms with van der Waals surface area (Å²) < 4.78 is 5.50. The number of rotatable bonds is 5. The van der Waals surface area contributed by atoms with Gasteiger partial charge < -0.3 is 15.2 Å². The van der Waals surface area contributed by atoms with E-state index in [1.54, 1.807) is 18.2 Å². The Labute approximate surface area is 118 Å². The molecule has 2 N–H and O–H groups in total. The van der Waals surface area contributed by atoms with E-state index in [0.29, 0.717) is 12.3 Å². The maximum atomic E-state index is 11.7. The molecule has 0 radical (unpaired) electrons. The Balaban J connectivity index is 1.80. The number of carbonyl (C=O) groups is 1. The van der Waals surface area contributed by atoms with Gasteiger partial charge in [-0.25, -0.2) is 0 Å². The first kappa shape index (κ1) is 13.9. The Morgan fingerprint density at radius 1 is 1.20 bits per heavy atom. The molecule has 104 valence electrons. The number of hydrogen-bond donors (Lipinski definition) is 2. The van der Waals surface area contributed by atoms with E-state index in [1.807, 2.05) is 31.2 Å². The van der Waals surface area contributed by atoms with Gasteiger partial charge in [0.2, 0.25) is 5.91 Å². The summed E-state index contributed by atoms with van der Waals surface area (Å²) in [5, 5.41) is 12.2. The van der Waals surface area contributed by atoms with Crippen molar-refractivity contribution in [1.82, 2.24) is 0 Å². The van der Waals surface area contributed by atoms with Crippen LogP contribution in [0.1, 0.15) is 12.0 Å². The SMILES string of the molecule is Cc1cccc(OCCC(=O)Nc2ccccc2O)c1. The number of phenolic OH excluding ortho intramolecular Hbond substituents is 1. The molecule has 0 heterocycles. The summed E-state index contributed by atoms with van der Waals surface area (Å²) in [6, 6.07) is 14.3. The molecule has 2 aromatic carbocycles. The predicted octanol–water partition coefficient (Wildman–Crippen LogP) is 3.11. The van der Waals surface area contributed by atoms with Gasteiger partial charge in [0.05, 0.1) is 18.7 Å². The van der Waals surface area contributed by atoms with Crippen LogP contribution in [0.15, 0.2) is 48.5 Å². The highest BCUT2D eigenvalue weighted by Crippen LogP contribution is 2.21. The van der Waals surface area contributed by atoms with Crippen molar-refractivity contribution < 1.29 is 14.6 Å². The zero-order chi connectivity index (χ0) is 14.4. The third kappa shape index (κ3) is 4.02. The van der Waals surface area contributed by atoms with Crippen molar-refractivity contribution in [3.8, 4) is 11.5 Å². The molecule has 2 rings (SSSR count). The zero-order valence-electron chi connectivity index (χ0n) is 11.3. The molecule has 0 saturated heterocycles. The van der Waals surface area contributed by atoms with Gasteiger partial charge in [0, 0.05) is 0 Å². The lowest BCUT2D eigenvalue weighted by atomic mass is 10.2. The molecule has 0 aromatic heterocycles. The first-order valence-corrected chi connectivity index (χ1v) is 6.42. The van der Waals surface area contributed by atoms with E-state index >= 15 is 0 Å². The highest BCUT2D eigenvalue weighted by Gasteiger charge is 2.06. The highest BCUT2D eigenvalue weighted by molar-refractivity contribution is 5.92. The fourth-order valence-corrected chi connectivity index (χ4v) is 1.76. The van der Waals surface area contributed by atoms with E-state index in [9.17, 15) is 9.90 Å². The molecule has 0 aliphatic rings. The molecule has 4 nitrogen and oxygen atoms in total. The van der Waals surface area contributed by atoms with Crippen LogP contribution in [-0.4, -0.2) is 17.6 Å². The van der Waals surface area contributed by atoms with E-state index in [-0.39, 0.29) is 18.1 Å². The highest BCUT2D eigenvalue weighted by atomic mass is 16.5. The van der Waals surface area contributed by atoms with Crippen LogP contribution in [0.4, 0.5) is 5.69 Å². The van der Waals surface area contributed by atoms with E-state index in [4.69, 9.17) is 4.74 Å². The van der Waals surface area contributed by atoms with E-state index in [0.717, 1.165) is 11.3 Å². The van der Waals surface area contributed by atoms with Crippen molar-refractivity contribution in [2.75, 3.05) is 11.9 Å². The summed E-state index contributed by atoms with van der Waals surface area (Å²) in [6.07, 6.45) is 0.224. The number of nitrogens with one attached hydrogen (secondary N) is 1. The molecule has 0 fully saturated rings. The molecule has 0 saturated carbocycles. The largest absolute Gasteiger partial charge is 0.506 e. The quantitative estimate of drug-likeness (QED) is 0.821. The van der Waals surface area contributed by atoms with Crippen molar-refractivity contribution in [1.29, 1.82) is 0 Å². The summed E-state index contributed by atoms with van der Waals surface area (Å²) in [4.78, 5) is 11.7. The fraction of sp³-hybridized carbons (Fsp3) is 0.188. The van der Waals surface area contributed by atoms with E-state index in [1.165, 1.54) is 6.07 Å². The van der Waals surface area contributed by atoms with Gasteiger partial charge in [-0.05, 0) is 36.8 Å². The monoisotopic (exact) mass is 271 g/mol. The van der Waals surface area contributed by atoms with Gasteiger partial charge in [0.25, 0.3) is 0 Å². The smallest absolute Gasteiger partial charge is 0.227 e. The molecule has 0 spiro atoms. The Morgan fingerprint density at radius 2 is 2.00 bits per heavy atom. The predicted molar refractivity (Wildman–Crippen MR) is 78.0 cm³/mol. The van der Waals surface area contributed by atoms with Gasteiger partial charge in [0.1, 0.15) is 11.5 Å². The second-order valence-corrected chi connectivity index (χ2v) is 4.48. The van der Waals surface area contributed by atoms with Crippen LogP contribution in [-0.2, 0) is 4.79 Å². The zero-order valence-corrected chi connectivity index (χ0v) is 11.3. The molecule has 0 aliphatic heterocycles. The maximum absolute atomic E-state index is 11.7. The number of phenols is 1. The average Bonchev–Trinajstić information content (AvgIpc) is 2.41. The van der Waals surface area contributed by atoms with Gasteiger partial charge in [-0.15, -0.1) is 0 Å². The van der Waals surface area contributed by atoms with E-state index in [2.05, 4.69) is 5.32 Å². The number of benzene rings is 2. The third-order valence-electron chi connectivity index (χ3n) is 2.77. The summed E-state index contributed by atoms with van der Waals surface area (Å²) in [5.41, 5.74) is 1.52. The summed E-state index contributed by atoms with van der Waals surface area (Å²) in [6.45, 7) is 2.28. The average molecular weight is 271 g/mol. The number of aryl methyl sites for hydroxylation is 1. The second kappa shape index (κ2) is 6.61. The number of ether oxygens (including phenoxy) is 1. The number of carbonyl (C=O) groups excluding carboxylic acids is 1. The van der Waals surface area contributed by atoms with Crippen molar-refractivity contribution in [2.24, 2.45) is 0 Å². The van der Waals surface area contributed by atoms with Crippen LogP contribution >= 0.6 is 0 Å². The van der Waals surface area contributed by atoms with Crippen molar-refractivity contribution in [2.45, 2.75) is 13.3 Å². The number of anilines is 1. The fourth-order valence-electron chi connectivity index (χ4n) is 1.76. The first-order chi connectivity index (χ1) is 9.65. The molecule has 20 heavy (non-hydrogen) atoms. The normalized spacial score (nSPS) is 10.1. The van der Waals surface area contributed by atoms with Gasteiger partial charge >= 0.3 is 0 Å². The Morgan fingerprint density at radius 3 is 2.75 bits per heavy atom. The molecule has 0 atom stereocenters. The Kier molecular flexibility index (Phi) is 4.60. The molecule has 1 amide bonds. The lowest BCUT2D eigenvalue weighted by Crippen LogP contribution is -2.15. The lowest BCUT2D eigenvalue weighted by molar-refractivity contribution is -0.116. The topological polar surface area (TPSA) is 58.6 Å². The second-order valence-electron chi connectivity index (χ2n) is 4.48. The molecule has 0 bridgehead atoms. The van der Waals surface area contributed by atoms with Crippen LogP contribution in [0.2, 0.25) is 0 Å². The molecule has 0 aliphatic carbocycles. The van der Waals surface area contributed by atoms with Crippen molar-refractivity contribution >= 4 is 11.6 Å². The maximum Gasteiger partial charge on any atom is 0.227 e. The minimum absolute atomic E-state index is 0.0560. The molecule has 4 heteroatoms. The van der Waals surface area contributed by atoms with Crippen LogP contribution in [0, 0.1) is 6.92 Å². The summed E-state index contributed by atoms with van der Waals surface area (Å²) in [7, 11) is 0. The number of amides is 1. The Bertz CT molecular complexity index is 596. The first-order valence-electron chi connectivity index (χ1n) is 6.42. The van der Waals surface area contributed by atoms with Gasteiger partial charge in [-0.2, -0.15) is 0 Å². The molecule has 2 aromatic rings. The molecule has 0 unspecified atom stereocenters. The minimum atomic E-state index is -0.195. The number of hydrogen-bond acceptors (Lipinski definition) is 3. The lowest BCUT2D eigenvalue weighted by Gasteiger charge is -2.08. The Hall–Kier alpha value is -2.49. The van der Waals surface area contributed by atoms with E-state index < -0.39 is 0 Å². The number of aromatic hydroxyl groups is 1. The number of para-hydroxylation sites is 2. The van der Waals surface area contributed by atoms with Crippen LogP contribution in [0.5, 0.6) is 11.5 Å².